The average molecular weight is 2030 g/mol. The fraction of sp³-hybridized carbons (Fsp3) is 0.475. The van der Waals surface area contributed by atoms with Gasteiger partial charge in [0.25, 0.3) is 0 Å². The van der Waals surface area contributed by atoms with Crippen molar-refractivity contribution < 1.29 is 89.4 Å². The molecule has 9 aromatic rings. The van der Waals surface area contributed by atoms with Crippen LogP contribution < -0.4 is 0 Å². The molecule has 10 rings (SSSR count). The van der Waals surface area contributed by atoms with Gasteiger partial charge < -0.3 is 5.11 Å². The quantitative estimate of drug-likeness (QED) is 0.0256. The van der Waals surface area contributed by atoms with E-state index in [1.807, 2.05) is 83.1 Å². The van der Waals surface area contributed by atoms with E-state index in [0.29, 0.717) is 5.92 Å². The van der Waals surface area contributed by atoms with E-state index in [0.717, 1.165) is 125 Å². The molecule has 1 saturated carbocycles. The number of rotatable bonds is 25. The fourth-order valence-corrected chi connectivity index (χ4v) is 14.9. The van der Waals surface area contributed by atoms with Crippen molar-refractivity contribution in [1.29, 1.82) is 0 Å². The van der Waals surface area contributed by atoms with E-state index >= 15 is 0 Å². The van der Waals surface area contributed by atoms with Crippen molar-refractivity contribution in [2.45, 2.75) is 256 Å². The third-order valence-electron chi connectivity index (χ3n) is 21.1. The summed E-state index contributed by atoms with van der Waals surface area (Å²) in [4.78, 5) is 73.2. The Hall–Kier alpha value is -6.61. The zero-order valence-electron chi connectivity index (χ0n) is 71.4. The van der Waals surface area contributed by atoms with Crippen molar-refractivity contribution in [2.24, 2.45) is 53.3 Å². The zero-order chi connectivity index (χ0) is 80.2. The van der Waals surface area contributed by atoms with E-state index in [1.54, 1.807) is 13.8 Å². The van der Waals surface area contributed by atoms with Gasteiger partial charge in [0.15, 0.2) is 5.78 Å². The predicted molar refractivity (Wildman–Crippen MR) is 456 cm³/mol. The molecule has 3 heterocycles. The minimum atomic E-state index is -0.417. The van der Waals surface area contributed by atoms with Crippen molar-refractivity contribution in [2.75, 3.05) is 0 Å². The van der Waals surface area contributed by atoms with Gasteiger partial charge in [-0.3, -0.25) is 38.9 Å². The number of aryl methyl sites for hydroxylation is 8. The first-order valence-corrected chi connectivity index (χ1v) is 40.5. The Morgan fingerprint density at radius 3 is 1.15 bits per heavy atom. The van der Waals surface area contributed by atoms with Crippen molar-refractivity contribution in [1.82, 2.24) is 15.0 Å². The summed E-state index contributed by atoms with van der Waals surface area (Å²) in [6, 6.07) is 53.5. The van der Waals surface area contributed by atoms with Gasteiger partial charge in [-0.15, -0.1) is 105 Å². The topological polar surface area (TPSA) is 144 Å². The van der Waals surface area contributed by atoms with Crippen molar-refractivity contribution in [3.05, 3.63) is 207 Å². The molecule has 3 radical (unpaired) electrons. The zero-order valence-corrected chi connectivity index (χ0v) is 78.6. The largest absolute Gasteiger partial charge is 0.512 e. The minimum Gasteiger partial charge on any atom is -0.512 e. The number of allylic oxidation sites excluding steroid dienone is 2. The molecule has 1 N–H and O–H groups in total. The first-order valence-electron chi connectivity index (χ1n) is 40.5. The molecule has 0 bridgehead atoms. The van der Waals surface area contributed by atoms with E-state index in [-0.39, 0.29) is 130 Å². The SMILES string of the molecule is CCC(CC)C(=O)C(C)C(=O)C(C)C.CCC(CC)C(=O)C(C)C(=O)C(C)C.CCC(CC)C(=O)C=C(O)C(CC)CC.Cc1[c-]c(-c2ccc3c(C)cc(C)cc3n2)cc(C)c1.Cc1[c-]c(-c2ccc3c(C4CCCC4)cccc3n2)cc(C)c1.Cc1[c-]c(-c2ccc3c(CC(C)C)cccc3n2)cc(C)c1.[Ir].[Ir].[Ir]. The van der Waals surface area contributed by atoms with Gasteiger partial charge in [0.05, 0.1) is 34.1 Å². The molecule has 0 spiro atoms. The Bertz CT molecular complexity index is 4370. The molecule has 2 unspecified atom stereocenters. The molecule has 111 heavy (non-hydrogen) atoms. The molecule has 1 fully saturated rings. The van der Waals surface area contributed by atoms with Gasteiger partial charge in [0, 0.05) is 118 Å². The van der Waals surface area contributed by atoms with Crippen LogP contribution in [0.25, 0.3) is 66.5 Å². The molecule has 607 valence electrons. The van der Waals surface area contributed by atoms with Crippen molar-refractivity contribution in [3.8, 4) is 33.8 Å². The number of hydrogen-bond donors (Lipinski definition) is 1. The molecule has 0 aliphatic heterocycles. The second kappa shape index (κ2) is 49.9. The van der Waals surface area contributed by atoms with Gasteiger partial charge in [0.2, 0.25) is 0 Å². The fourth-order valence-electron chi connectivity index (χ4n) is 14.9. The normalized spacial score (nSPS) is 12.5. The van der Waals surface area contributed by atoms with Crippen LogP contribution in [-0.2, 0) is 90.7 Å². The van der Waals surface area contributed by atoms with Crippen LogP contribution in [-0.4, -0.2) is 49.0 Å². The van der Waals surface area contributed by atoms with Crippen molar-refractivity contribution >= 4 is 61.6 Å². The monoisotopic (exact) mass is 2040 g/mol. The maximum absolute atomic E-state index is 11.8. The van der Waals surface area contributed by atoms with Crippen LogP contribution in [0.2, 0.25) is 0 Å². The number of benzene rings is 6. The predicted octanol–water partition coefficient (Wildman–Crippen LogP) is 26.0. The molecule has 0 saturated heterocycles. The number of aromatic nitrogens is 3. The number of carbonyl (C=O) groups is 5. The third kappa shape index (κ3) is 30.3. The van der Waals surface area contributed by atoms with Crippen molar-refractivity contribution in [3.63, 3.8) is 0 Å². The number of aliphatic hydroxyl groups is 1. The summed E-state index contributed by atoms with van der Waals surface area (Å²) < 4.78 is 0. The Morgan fingerprint density at radius 1 is 0.414 bits per heavy atom. The number of ketones is 5. The molecule has 1 aliphatic rings. The van der Waals surface area contributed by atoms with Crippen LogP contribution in [0, 0.1) is 127 Å². The summed E-state index contributed by atoms with van der Waals surface area (Å²) >= 11 is 0. The molecular formula is C99H130Ir3N3O6-3. The molecule has 3 aromatic heterocycles. The van der Waals surface area contributed by atoms with Gasteiger partial charge in [-0.1, -0.05) is 218 Å². The first kappa shape index (κ1) is 100. The first-order chi connectivity index (χ1) is 51.3. The average Bonchev–Trinajstić information content (AvgIpc) is 1.78. The van der Waals surface area contributed by atoms with Crippen LogP contribution in [0.4, 0.5) is 0 Å². The summed E-state index contributed by atoms with van der Waals surface area (Å²) in [7, 11) is 0. The van der Waals surface area contributed by atoms with E-state index in [9.17, 15) is 29.1 Å². The Labute approximate surface area is 709 Å². The number of pyridine rings is 3. The summed E-state index contributed by atoms with van der Waals surface area (Å²) in [6.07, 6.45) is 14.7. The Morgan fingerprint density at radius 2 is 0.775 bits per heavy atom. The molecule has 9 nitrogen and oxygen atoms in total. The second-order valence-corrected chi connectivity index (χ2v) is 31.4. The van der Waals surface area contributed by atoms with E-state index < -0.39 is 11.8 Å². The Balaban J connectivity index is 0.000000456. The van der Waals surface area contributed by atoms with Gasteiger partial charge in [0.1, 0.15) is 23.1 Å². The number of nitrogens with zero attached hydrogens (tertiary/aromatic N) is 3. The molecule has 0 amide bonds. The van der Waals surface area contributed by atoms with Crippen LogP contribution >= 0.6 is 0 Å². The van der Waals surface area contributed by atoms with Crippen LogP contribution in [0.1, 0.15) is 249 Å². The third-order valence-corrected chi connectivity index (χ3v) is 21.1. The summed E-state index contributed by atoms with van der Waals surface area (Å²) in [5.74, 6) is 1.52. The van der Waals surface area contributed by atoms with E-state index in [1.165, 1.54) is 92.4 Å². The number of Topliss-reactive ketones (excluding diaryl/α,β-unsaturated/α-hetero) is 4. The Kier molecular flexibility index (Phi) is 45.2. The number of hydrogen-bond acceptors (Lipinski definition) is 9. The molecule has 6 aromatic carbocycles. The van der Waals surface area contributed by atoms with Crippen LogP contribution in [0.5, 0.6) is 0 Å². The maximum atomic E-state index is 11.8. The summed E-state index contributed by atoms with van der Waals surface area (Å²) in [5, 5.41) is 13.6. The molecular weight excluding hydrogens is 1900 g/mol. The van der Waals surface area contributed by atoms with Gasteiger partial charge >= 0.3 is 0 Å². The smallest absolute Gasteiger partial charge is 0.162 e. The molecule has 1 aliphatic carbocycles. The summed E-state index contributed by atoms with van der Waals surface area (Å²) in [5.41, 5.74) is 22.2. The molecule has 12 heteroatoms. The standard InChI is InChI=1S/C22H22N.C21H22N.C19H18N.C13H24O2.2C12H22O2.3Ir/c1-15-12-16(2)14-18(13-15)21-11-10-20-19(17-6-3-4-7-17)8-5-9-22(20)23-21;1-14(2)10-17-6-5-7-21-19(17)8-9-20(22-21)18-12-15(3)11-16(4)13-18;1-12-7-13(2)10-16(9-12)18-6-5-17-15(4)8-14(3)11-19(17)20-18;1-5-10(6-2)12(14)9-13(15)11(7-3)8-4;2*1-6-10(7-2)12(14)9(5)11(13)8(3)4;;;/h5,8-13,17H,3-4,6-7H2,1-2H3;5-9,11-12,14H,10H2,1-4H3;5-9,11H,1-4H3;9-11,14H,5-8H2,1-4H3;2*8-10H,6-7H2,1-5H3;;;/q3*-1;;;;;;. The van der Waals surface area contributed by atoms with E-state index in [4.69, 9.17) is 15.0 Å². The van der Waals surface area contributed by atoms with Gasteiger partial charge in [-0.2, -0.15) is 0 Å². The van der Waals surface area contributed by atoms with Gasteiger partial charge in [-0.05, 0) is 168 Å². The number of carbonyl (C=O) groups excluding carboxylic acids is 5. The van der Waals surface area contributed by atoms with Crippen LogP contribution in [0.3, 0.4) is 0 Å². The summed E-state index contributed by atoms with van der Waals surface area (Å²) in [6.45, 7) is 48.3. The van der Waals surface area contributed by atoms with Gasteiger partial charge in [-0.25, -0.2) is 0 Å². The second-order valence-electron chi connectivity index (χ2n) is 31.4. The van der Waals surface area contributed by atoms with E-state index in [2.05, 4.69) is 209 Å². The number of fused-ring (bicyclic) bond motifs is 3. The number of aliphatic hydroxyl groups excluding tert-OH is 1. The van der Waals surface area contributed by atoms with Crippen LogP contribution in [0.15, 0.2) is 133 Å². The maximum Gasteiger partial charge on any atom is 0.162 e. The molecule has 2 atom stereocenters. The minimum absolute atomic E-state index is 0.